The Balaban J connectivity index is 1.52. The number of carbonyl (C=O) groups is 2. The molecule has 7 nitrogen and oxygen atoms in total. The Kier molecular flexibility index (Phi) is 6.16. The monoisotopic (exact) mass is 409 g/mol. The quantitative estimate of drug-likeness (QED) is 0.837. The number of benzene rings is 1. The molecule has 1 fully saturated rings. The summed E-state index contributed by atoms with van der Waals surface area (Å²) in [6, 6.07) is 6.08. The van der Waals surface area contributed by atoms with Gasteiger partial charge in [-0.05, 0) is 44.2 Å². The molecule has 160 valence electrons. The Labute approximate surface area is 177 Å². The molecule has 2 aromatic rings. The van der Waals surface area contributed by atoms with Crippen molar-refractivity contribution in [3.63, 3.8) is 0 Å². The lowest BCUT2D eigenvalue weighted by Gasteiger charge is -2.32. The van der Waals surface area contributed by atoms with Gasteiger partial charge in [-0.1, -0.05) is 25.5 Å². The Bertz CT molecular complexity index is 936. The van der Waals surface area contributed by atoms with Gasteiger partial charge in [-0.15, -0.1) is 10.2 Å². The van der Waals surface area contributed by atoms with E-state index in [1.54, 1.807) is 0 Å². The molecule has 4 rings (SSSR count). The van der Waals surface area contributed by atoms with Crippen LogP contribution in [0.1, 0.15) is 56.8 Å². The van der Waals surface area contributed by atoms with Crippen molar-refractivity contribution in [2.24, 2.45) is 5.92 Å². The first-order chi connectivity index (χ1) is 14.6. The Morgan fingerprint density at radius 3 is 2.83 bits per heavy atom. The van der Waals surface area contributed by atoms with Gasteiger partial charge in [0, 0.05) is 43.7 Å². The Morgan fingerprint density at radius 2 is 2.00 bits per heavy atom. The summed E-state index contributed by atoms with van der Waals surface area (Å²) >= 11 is 0. The first kappa shape index (κ1) is 20.6. The number of aryl methyl sites for hydroxylation is 2. The molecule has 7 heteroatoms. The maximum atomic E-state index is 13.0. The number of nitrogens with one attached hydrogen (secondary N) is 1. The molecule has 2 amide bonds. The SMILES string of the molecule is CCC(=O)N1CCCC(C(=O)Nc2cc(-c3nnc4n3CCCCC4)ccc2C)C1. The maximum absolute atomic E-state index is 13.0. The molecule has 1 aromatic heterocycles. The molecule has 1 aromatic carbocycles. The van der Waals surface area contributed by atoms with Crippen molar-refractivity contribution in [2.45, 2.75) is 65.3 Å². The molecule has 30 heavy (non-hydrogen) atoms. The summed E-state index contributed by atoms with van der Waals surface area (Å²) in [6.45, 7) is 6.07. The lowest BCUT2D eigenvalue weighted by molar-refractivity contribution is -0.134. The number of anilines is 1. The highest BCUT2D eigenvalue weighted by molar-refractivity contribution is 5.94. The predicted molar refractivity (Wildman–Crippen MR) is 116 cm³/mol. The normalized spacial score (nSPS) is 19.1. The van der Waals surface area contributed by atoms with Crippen LogP contribution in [0.2, 0.25) is 0 Å². The zero-order chi connectivity index (χ0) is 21.1. The first-order valence-electron chi connectivity index (χ1n) is 11.2. The van der Waals surface area contributed by atoms with Gasteiger partial charge in [0.2, 0.25) is 11.8 Å². The van der Waals surface area contributed by atoms with Gasteiger partial charge < -0.3 is 14.8 Å². The fourth-order valence-corrected chi connectivity index (χ4v) is 4.47. The molecule has 1 atom stereocenters. The summed E-state index contributed by atoms with van der Waals surface area (Å²) in [5, 5.41) is 12.0. The van der Waals surface area contributed by atoms with Crippen LogP contribution < -0.4 is 5.32 Å². The Morgan fingerprint density at radius 1 is 1.13 bits per heavy atom. The molecule has 0 spiro atoms. The average molecular weight is 410 g/mol. The van der Waals surface area contributed by atoms with E-state index in [2.05, 4.69) is 26.1 Å². The zero-order valence-electron chi connectivity index (χ0n) is 18.0. The van der Waals surface area contributed by atoms with Crippen molar-refractivity contribution in [3.05, 3.63) is 29.6 Å². The standard InChI is InChI=1S/C23H31N5O2/c1-3-21(29)27-12-7-8-18(15-27)23(30)24-19-14-17(11-10-16(19)2)22-26-25-20-9-5-4-6-13-28(20)22/h10-11,14,18H,3-9,12-13,15H2,1-2H3,(H,24,30). The summed E-state index contributed by atoms with van der Waals surface area (Å²) in [4.78, 5) is 26.8. The molecular formula is C23H31N5O2. The first-order valence-corrected chi connectivity index (χ1v) is 11.2. The maximum Gasteiger partial charge on any atom is 0.229 e. The summed E-state index contributed by atoms with van der Waals surface area (Å²) in [6.07, 6.45) is 6.66. The number of nitrogens with zero attached hydrogens (tertiary/aromatic N) is 4. The third-order valence-corrected chi connectivity index (χ3v) is 6.31. The van der Waals surface area contributed by atoms with Crippen molar-refractivity contribution in [1.29, 1.82) is 0 Å². The highest BCUT2D eigenvalue weighted by Crippen LogP contribution is 2.28. The van der Waals surface area contributed by atoms with Gasteiger partial charge in [0.25, 0.3) is 0 Å². The number of hydrogen-bond donors (Lipinski definition) is 1. The molecule has 0 radical (unpaired) electrons. The molecule has 2 aliphatic heterocycles. The number of likely N-dealkylation sites (tertiary alicyclic amines) is 1. The van der Waals surface area contributed by atoms with Crippen molar-refractivity contribution < 1.29 is 9.59 Å². The van der Waals surface area contributed by atoms with Crippen LogP contribution in [-0.2, 0) is 22.6 Å². The van der Waals surface area contributed by atoms with Gasteiger partial charge in [0.1, 0.15) is 5.82 Å². The van der Waals surface area contributed by atoms with Crippen LogP contribution >= 0.6 is 0 Å². The largest absolute Gasteiger partial charge is 0.342 e. The number of carbonyl (C=O) groups excluding carboxylic acids is 2. The van der Waals surface area contributed by atoms with Crippen LogP contribution in [0.3, 0.4) is 0 Å². The van der Waals surface area contributed by atoms with Crippen molar-refractivity contribution in [1.82, 2.24) is 19.7 Å². The van der Waals surface area contributed by atoms with Gasteiger partial charge in [0.05, 0.1) is 5.92 Å². The smallest absolute Gasteiger partial charge is 0.229 e. The van der Waals surface area contributed by atoms with Gasteiger partial charge in [-0.25, -0.2) is 0 Å². The minimum atomic E-state index is -0.165. The highest BCUT2D eigenvalue weighted by Gasteiger charge is 2.28. The number of piperidine rings is 1. The van der Waals surface area contributed by atoms with E-state index >= 15 is 0 Å². The minimum absolute atomic E-state index is 0.0103. The van der Waals surface area contributed by atoms with Gasteiger partial charge in [-0.3, -0.25) is 9.59 Å². The zero-order valence-corrected chi connectivity index (χ0v) is 18.0. The second-order valence-corrected chi connectivity index (χ2v) is 8.45. The van der Waals surface area contributed by atoms with E-state index in [0.29, 0.717) is 13.0 Å². The van der Waals surface area contributed by atoms with E-state index in [4.69, 9.17) is 0 Å². The molecule has 1 saturated heterocycles. The average Bonchev–Trinajstić information content (AvgIpc) is 3.02. The topological polar surface area (TPSA) is 80.1 Å². The number of aromatic nitrogens is 3. The summed E-state index contributed by atoms with van der Waals surface area (Å²) in [5.74, 6) is 1.88. The van der Waals surface area contributed by atoms with E-state index in [9.17, 15) is 9.59 Å². The second-order valence-electron chi connectivity index (χ2n) is 8.45. The van der Waals surface area contributed by atoms with E-state index in [0.717, 1.165) is 73.7 Å². The summed E-state index contributed by atoms with van der Waals surface area (Å²) in [5.41, 5.74) is 2.80. The number of rotatable bonds is 4. The van der Waals surface area contributed by atoms with Crippen molar-refractivity contribution >= 4 is 17.5 Å². The van der Waals surface area contributed by atoms with Gasteiger partial charge in [0.15, 0.2) is 5.82 Å². The molecular weight excluding hydrogens is 378 g/mol. The van der Waals surface area contributed by atoms with E-state index < -0.39 is 0 Å². The van der Waals surface area contributed by atoms with Crippen LogP contribution in [0.5, 0.6) is 0 Å². The van der Waals surface area contributed by atoms with Gasteiger partial charge >= 0.3 is 0 Å². The summed E-state index contributed by atoms with van der Waals surface area (Å²) < 4.78 is 2.22. The van der Waals surface area contributed by atoms with Crippen molar-refractivity contribution in [2.75, 3.05) is 18.4 Å². The molecule has 0 saturated carbocycles. The van der Waals surface area contributed by atoms with Crippen LogP contribution in [0.15, 0.2) is 18.2 Å². The fourth-order valence-electron chi connectivity index (χ4n) is 4.47. The molecule has 0 aliphatic carbocycles. The summed E-state index contributed by atoms with van der Waals surface area (Å²) in [7, 11) is 0. The number of hydrogen-bond acceptors (Lipinski definition) is 4. The van der Waals surface area contributed by atoms with Crippen LogP contribution in [0.25, 0.3) is 11.4 Å². The minimum Gasteiger partial charge on any atom is -0.342 e. The van der Waals surface area contributed by atoms with Gasteiger partial charge in [-0.2, -0.15) is 0 Å². The van der Waals surface area contributed by atoms with Crippen LogP contribution in [-0.4, -0.2) is 44.6 Å². The van der Waals surface area contributed by atoms with Crippen LogP contribution in [0, 0.1) is 12.8 Å². The van der Waals surface area contributed by atoms with E-state index in [1.165, 1.54) is 6.42 Å². The molecule has 3 heterocycles. The Hall–Kier alpha value is -2.70. The number of fused-ring (bicyclic) bond motifs is 1. The van der Waals surface area contributed by atoms with E-state index in [1.807, 2.05) is 30.9 Å². The third kappa shape index (κ3) is 4.25. The molecule has 2 aliphatic rings. The molecule has 1 N–H and O–H groups in total. The number of amides is 2. The molecule has 1 unspecified atom stereocenters. The van der Waals surface area contributed by atoms with E-state index in [-0.39, 0.29) is 17.7 Å². The lowest BCUT2D eigenvalue weighted by atomic mass is 9.96. The second kappa shape index (κ2) is 8.98. The highest BCUT2D eigenvalue weighted by atomic mass is 16.2. The van der Waals surface area contributed by atoms with Crippen molar-refractivity contribution in [3.8, 4) is 11.4 Å². The lowest BCUT2D eigenvalue weighted by Crippen LogP contribution is -2.43. The van der Waals surface area contributed by atoms with Crippen LogP contribution in [0.4, 0.5) is 5.69 Å². The fraction of sp³-hybridized carbons (Fsp3) is 0.565. The molecule has 0 bridgehead atoms. The predicted octanol–water partition coefficient (Wildman–Crippen LogP) is 3.57. The third-order valence-electron chi connectivity index (χ3n) is 6.31.